The first-order valence-corrected chi connectivity index (χ1v) is 11.6. The predicted molar refractivity (Wildman–Crippen MR) is 143 cm³/mol. The SMILES string of the molecule is Cn1ccc2c(Oc3ccc(NC(=O)c4cc5cccnc5n(-c5ccccc5)c4=O)cc3)ccnc21. The van der Waals surface area contributed by atoms with Gasteiger partial charge in [-0.2, -0.15) is 0 Å². The lowest BCUT2D eigenvalue weighted by molar-refractivity contribution is 0.102. The van der Waals surface area contributed by atoms with Crippen LogP contribution in [0.4, 0.5) is 5.69 Å². The molecule has 6 aromatic rings. The molecular formula is C29H21N5O3. The number of fused-ring (bicyclic) bond motifs is 2. The summed E-state index contributed by atoms with van der Waals surface area (Å²) in [6.45, 7) is 0. The van der Waals surface area contributed by atoms with E-state index in [1.54, 1.807) is 48.8 Å². The molecule has 0 aliphatic rings. The summed E-state index contributed by atoms with van der Waals surface area (Å²) in [5.41, 5.74) is 2.06. The molecule has 1 amide bonds. The molecule has 0 radical (unpaired) electrons. The first kappa shape index (κ1) is 22.2. The van der Waals surface area contributed by atoms with Gasteiger partial charge < -0.3 is 14.6 Å². The summed E-state index contributed by atoms with van der Waals surface area (Å²) in [5, 5.41) is 4.41. The lowest BCUT2D eigenvalue weighted by Crippen LogP contribution is -2.29. The van der Waals surface area contributed by atoms with Crippen molar-refractivity contribution in [2.45, 2.75) is 0 Å². The first-order chi connectivity index (χ1) is 18.1. The molecule has 0 saturated carbocycles. The number of carbonyl (C=O) groups is 1. The summed E-state index contributed by atoms with van der Waals surface area (Å²) in [7, 11) is 1.93. The summed E-state index contributed by atoms with van der Waals surface area (Å²) in [6.07, 6.45) is 5.25. The van der Waals surface area contributed by atoms with Crippen LogP contribution in [0.5, 0.6) is 11.5 Å². The lowest BCUT2D eigenvalue weighted by atomic mass is 10.1. The van der Waals surface area contributed by atoms with Gasteiger partial charge in [-0.05, 0) is 66.7 Å². The van der Waals surface area contributed by atoms with Gasteiger partial charge in [0, 0.05) is 36.7 Å². The Hall–Kier alpha value is -5.24. The highest BCUT2D eigenvalue weighted by Gasteiger charge is 2.18. The Kier molecular flexibility index (Phi) is 5.46. The molecule has 0 unspecified atom stereocenters. The third kappa shape index (κ3) is 4.10. The number of rotatable bonds is 5. The van der Waals surface area contributed by atoms with Crippen LogP contribution in [0.2, 0.25) is 0 Å². The van der Waals surface area contributed by atoms with Crippen molar-refractivity contribution in [3.05, 3.63) is 119 Å². The van der Waals surface area contributed by atoms with E-state index in [4.69, 9.17) is 4.74 Å². The molecule has 0 bridgehead atoms. The number of hydrogen-bond donors (Lipinski definition) is 1. The summed E-state index contributed by atoms with van der Waals surface area (Å²) in [5.74, 6) is 0.792. The second-order valence-electron chi connectivity index (χ2n) is 8.50. The predicted octanol–water partition coefficient (Wildman–Crippen LogP) is 5.32. The average Bonchev–Trinajstić information content (AvgIpc) is 3.31. The van der Waals surface area contributed by atoms with Crippen LogP contribution >= 0.6 is 0 Å². The standard InChI is InChI=1S/C29H21N5O3/c1-33-17-14-23-25(13-16-31-27(23)33)37-22-11-9-20(10-12-22)32-28(35)24-18-19-6-5-15-30-26(19)34(29(24)36)21-7-3-2-4-8-21/h2-18H,1H3,(H,32,35). The molecule has 8 nitrogen and oxygen atoms in total. The normalized spacial score (nSPS) is 11.1. The number of aromatic nitrogens is 4. The largest absolute Gasteiger partial charge is 0.457 e. The van der Waals surface area contributed by atoms with Gasteiger partial charge in [-0.15, -0.1) is 0 Å². The van der Waals surface area contributed by atoms with E-state index < -0.39 is 11.5 Å². The van der Waals surface area contributed by atoms with Crippen LogP contribution in [0, 0.1) is 0 Å². The van der Waals surface area contributed by atoms with E-state index in [2.05, 4.69) is 15.3 Å². The maximum Gasteiger partial charge on any atom is 0.269 e. The molecule has 0 fully saturated rings. The Balaban J connectivity index is 1.28. The van der Waals surface area contributed by atoms with E-state index in [0.717, 1.165) is 11.0 Å². The number of pyridine rings is 3. The molecule has 0 atom stereocenters. The number of ether oxygens (including phenoxy) is 1. The minimum absolute atomic E-state index is 0.0212. The molecule has 0 aliphatic heterocycles. The van der Waals surface area contributed by atoms with Gasteiger partial charge in [0.25, 0.3) is 11.5 Å². The van der Waals surface area contributed by atoms with Crippen LogP contribution in [-0.2, 0) is 7.05 Å². The van der Waals surface area contributed by atoms with Gasteiger partial charge in [0.1, 0.15) is 28.4 Å². The molecule has 8 heteroatoms. The molecule has 37 heavy (non-hydrogen) atoms. The second-order valence-corrected chi connectivity index (χ2v) is 8.50. The fraction of sp³-hybridized carbons (Fsp3) is 0.0345. The molecule has 4 heterocycles. The number of amides is 1. The highest BCUT2D eigenvalue weighted by Crippen LogP contribution is 2.29. The number of nitrogens with zero attached hydrogens (tertiary/aromatic N) is 4. The third-order valence-electron chi connectivity index (χ3n) is 6.09. The fourth-order valence-corrected chi connectivity index (χ4v) is 4.28. The number of para-hydroxylation sites is 1. The lowest BCUT2D eigenvalue weighted by Gasteiger charge is -2.13. The molecule has 0 saturated heterocycles. The maximum absolute atomic E-state index is 13.4. The van der Waals surface area contributed by atoms with Crippen molar-refractivity contribution < 1.29 is 9.53 Å². The second kappa shape index (κ2) is 9.09. The van der Waals surface area contributed by atoms with Gasteiger partial charge in [-0.25, -0.2) is 9.97 Å². The van der Waals surface area contributed by atoms with Crippen LogP contribution in [0.1, 0.15) is 10.4 Å². The van der Waals surface area contributed by atoms with Crippen LogP contribution in [0.3, 0.4) is 0 Å². The average molecular weight is 488 g/mol. The Morgan fingerprint density at radius 2 is 1.65 bits per heavy atom. The smallest absolute Gasteiger partial charge is 0.269 e. The monoisotopic (exact) mass is 487 g/mol. The van der Waals surface area contributed by atoms with Gasteiger partial charge in [0.05, 0.1) is 11.1 Å². The minimum atomic E-state index is -0.505. The summed E-state index contributed by atoms with van der Waals surface area (Å²) < 4.78 is 9.44. The van der Waals surface area contributed by atoms with Crippen molar-refractivity contribution in [3.63, 3.8) is 0 Å². The number of benzene rings is 2. The van der Waals surface area contributed by atoms with Gasteiger partial charge in [-0.3, -0.25) is 14.2 Å². The Bertz CT molecular complexity index is 1820. The van der Waals surface area contributed by atoms with Crippen molar-refractivity contribution in [2.75, 3.05) is 5.32 Å². The van der Waals surface area contributed by atoms with Gasteiger partial charge in [-0.1, -0.05) is 18.2 Å². The van der Waals surface area contributed by atoms with E-state index in [0.29, 0.717) is 33.9 Å². The Morgan fingerprint density at radius 1 is 0.865 bits per heavy atom. The number of aryl methyl sites for hydroxylation is 1. The minimum Gasteiger partial charge on any atom is -0.457 e. The quantitative estimate of drug-likeness (QED) is 0.356. The number of anilines is 1. The van der Waals surface area contributed by atoms with Gasteiger partial charge in [0.15, 0.2) is 0 Å². The summed E-state index contributed by atoms with van der Waals surface area (Å²) in [4.78, 5) is 35.4. The van der Waals surface area contributed by atoms with Crippen molar-refractivity contribution in [1.82, 2.24) is 19.1 Å². The van der Waals surface area contributed by atoms with Crippen LogP contribution < -0.4 is 15.6 Å². The zero-order valence-electron chi connectivity index (χ0n) is 19.8. The van der Waals surface area contributed by atoms with Crippen molar-refractivity contribution >= 4 is 33.7 Å². The molecule has 4 aromatic heterocycles. The Morgan fingerprint density at radius 3 is 2.46 bits per heavy atom. The van der Waals surface area contributed by atoms with E-state index >= 15 is 0 Å². The highest BCUT2D eigenvalue weighted by atomic mass is 16.5. The van der Waals surface area contributed by atoms with E-state index in [1.807, 2.05) is 66.3 Å². The van der Waals surface area contributed by atoms with Gasteiger partial charge in [0.2, 0.25) is 0 Å². The van der Waals surface area contributed by atoms with Crippen molar-refractivity contribution in [1.29, 1.82) is 0 Å². The topological polar surface area (TPSA) is 91.0 Å². The molecule has 0 spiro atoms. The molecule has 0 aliphatic carbocycles. The van der Waals surface area contributed by atoms with Crippen molar-refractivity contribution in [3.8, 4) is 17.2 Å². The number of hydrogen-bond acceptors (Lipinski definition) is 5. The van der Waals surface area contributed by atoms with Crippen LogP contribution in [-0.4, -0.2) is 25.0 Å². The fourth-order valence-electron chi connectivity index (χ4n) is 4.28. The van der Waals surface area contributed by atoms with E-state index in [9.17, 15) is 9.59 Å². The summed E-state index contributed by atoms with van der Waals surface area (Å²) in [6, 6.07) is 25.1. The third-order valence-corrected chi connectivity index (χ3v) is 6.09. The highest BCUT2D eigenvalue weighted by molar-refractivity contribution is 6.05. The molecular weight excluding hydrogens is 466 g/mol. The molecule has 6 rings (SSSR count). The molecule has 2 aromatic carbocycles. The Labute approximate surface area is 211 Å². The van der Waals surface area contributed by atoms with Crippen LogP contribution in [0.15, 0.2) is 108 Å². The van der Waals surface area contributed by atoms with Crippen molar-refractivity contribution in [2.24, 2.45) is 7.05 Å². The van der Waals surface area contributed by atoms with Gasteiger partial charge >= 0.3 is 0 Å². The maximum atomic E-state index is 13.4. The zero-order chi connectivity index (χ0) is 25.4. The number of nitrogens with one attached hydrogen (secondary N) is 1. The van der Waals surface area contributed by atoms with Crippen LogP contribution in [0.25, 0.3) is 27.8 Å². The van der Waals surface area contributed by atoms with E-state index in [-0.39, 0.29) is 5.56 Å². The summed E-state index contributed by atoms with van der Waals surface area (Å²) >= 11 is 0. The first-order valence-electron chi connectivity index (χ1n) is 11.6. The van der Waals surface area contributed by atoms with E-state index in [1.165, 1.54) is 4.57 Å². The molecule has 180 valence electrons. The zero-order valence-corrected chi connectivity index (χ0v) is 19.8. The number of carbonyl (C=O) groups excluding carboxylic acids is 1. The molecule has 1 N–H and O–H groups in total.